The molecule has 1 amide bonds. The quantitative estimate of drug-likeness (QED) is 0.810. The molecule has 25 heavy (non-hydrogen) atoms. The average molecular weight is 345 g/mol. The smallest absolute Gasteiger partial charge is 0.279 e. The van der Waals surface area contributed by atoms with Crippen molar-refractivity contribution in [2.45, 2.75) is 27.3 Å². The summed E-state index contributed by atoms with van der Waals surface area (Å²) in [4.78, 5) is 13.4. The summed E-state index contributed by atoms with van der Waals surface area (Å²) in [6.45, 7) is 7.67. The molecular weight excluding hydrogens is 319 g/mol. The molecule has 0 aromatic heterocycles. The number of aryl methyl sites for hydroxylation is 2. The second kappa shape index (κ2) is 8.62. The van der Waals surface area contributed by atoms with Crippen molar-refractivity contribution in [3.05, 3.63) is 58.9 Å². The fourth-order valence-corrected chi connectivity index (χ4v) is 2.71. The third-order valence-corrected chi connectivity index (χ3v) is 4.25. The molecule has 4 nitrogen and oxygen atoms in total. The lowest BCUT2D eigenvalue weighted by Gasteiger charge is -2.18. The number of carbonyl (C=O) groups is 1. The first-order valence-corrected chi connectivity index (χ1v) is 8.46. The molecule has 0 aliphatic carbocycles. The zero-order valence-electron chi connectivity index (χ0n) is 15.3. The van der Waals surface area contributed by atoms with Gasteiger partial charge in [0.1, 0.15) is 6.54 Å². The molecule has 2 aromatic carbocycles. The number of hydrogen-bond acceptors (Lipinski definition) is 2. The second-order valence-electron chi connectivity index (χ2n) is 6.29. The van der Waals surface area contributed by atoms with Gasteiger partial charge in [0.25, 0.3) is 5.91 Å². The maximum atomic E-state index is 13.8. The van der Waals surface area contributed by atoms with Crippen molar-refractivity contribution < 1.29 is 18.8 Å². The predicted molar refractivity (Wildman–Crippen MR) is 97.6 cm³/mol. The Balaban J connectivity index is 2.00. The molecule has 0 fully saturated rings. The Morgan fingerprint density at radius 3 is 2.60 bits per heavy atom. The molecule has 5 heteroatoms. The highest BCUT2D eigenvalue weighted by Gasteiger charge is 2.15. The Morgan fingerprint density at radius 1 is 1.20 bits per heavy atom. The van der Waals surface area contributed by atoms with E-state index in [4.69, 9.17) is 4.74 Å². The van der Waals surface area contributed by atoms with Crippen molar-refractivity contribution in [2.75, 3.05) is 25.5 Å². The summed E-state index contributed by atoms with van der Waals surface area (Å²) < 4.78 is 18.8. The molecule has 134 valence electrons. The predicted octanol–water partition coefficient (Wildman–Crippen LogP) is 2.49. The third kappa shape index (κ3) is 5.29. The van der Waals surface area contributed by atoms with Crippen LogP contribution in [0, 0.1) is 19.7 Å². The molecule has 0 aliphatic heterocycles. The zero-order chi connectivity index (χ0) is 18.4. The van der Waals surface area contributed by atoms with Gasteiger partial charge >= 0.3 is 0 Å². The van der Waals surface area contributed by atoms with Crippen LogP contribution in [-0.2, 0) is 11.3 Å². The molecule has 0 radical (unpaired) electrons. The van der Waals surface area contributed by atoms with Crippen LogP contribution in [0.5, 0.6) is 5.75 Å². The van der Waals surface area contributed by atoms with E-state index in [9.17, 15) is 9.18 Å². The van der Waals surface area contributed by atoms with Crippen molar-refractivity contribution in [3.8, 4) is 5.75 Å². The Hall–Kier alpha value is -2.40. The minimum atomic E-state index is -0.379. The van der Waals surface area contributed by atoms with Crippen LogP contribution in [0.3, 0.4) is 0 Å². The molecule has 0 bridgehead atoms. The van der Waals surface area contributed by atoms with Gasteiger partial charge in [-0.2, -0.15) is 0 Å². The van der Waals surface area contributed by atoms with E-state index in [2.05, 4.69) is 5.32 Å². The molecule has 0 spiro atoms. The molecule has 2 N–H and O–H groups in total. The number of ether oxygens (including phenoxy) is 1. The number of likely N-dealkylation sites (N-methyl/N-ethyl adjacent to an activating group) is 1. The van der Waals surface area contributed by atoms with Crippen molar-refractivity contribution in [1.82, 2.24) is 0 Å². The number of halogens is 1. The summed E-state index contributed by atoms with van der Waals surface area (Å²) in [7, 11) is 1.44. The number of rotatable bonds is 7. The van der Waals surface area contributed by atoms with E-state index in [1.807, 2.05) is 45.0 Å². The standard InChI is InChI=1S/C20H25FN2O2/c1-5-23(12-16-8-9-19(25-4)17(21)11-16)13-20(24)22-18-10-14(2)6-7-15(18)3/h6-11H,5,12-13H2,1-4H3,(H,22,24)/p+1. The van der Waals surface area contributed by atoms with E-state index >= 15 is 0 Å². The summed E-state index contributed by atoms with van der Waals surface area (Å²) in [5, 5.41) is 2.98. The van der Waals surface area contributed by atoms with E-state index in [0.29, 0.717) is 13.1 Å². The number of hydrogen-bond donors (Lipinski definition) is 2. The Morgan fingerprint density at radius 2 is 1.96 bits per heavy atom. The first-order chi connectivity index (χ1) is 11.9. The summed E-state index contributed by atoms with van der Waals surface area (Å²) >= 11 is 0. The first-order valence-electron chi connectivity index (χ1n) is 8.46. The molecule has 2 rings (SSSR count). The fourth-order valence-electron chi connectivity index (χ4n) is 2.71. The normalized spacial score (nSPS) is 11.9. The Labute approximate surface area is 148 Å². The summed E-state index contributed by atoms with van der Waals surface area (Å²) in [5.41, 5.74) is 3.83. The lowest BCUT2D eigenvalue weighted by Crippen LogP contribution is -3.11. The van der Waals surface area contributed by atoms with Crippen LogP contribution in [0.1, 0.15) is 23.6 Å². The molecule has 0 saturated heterocycles. The van der Waals surface area contributed by atoms with Crippen LogP contribution in [-0.4, -0.2) is 26.1 Å². The third-order valence-electron chi connectivity index (χ3n) is 4.25. The topological polar surface area (TPSA) is 42.8 Å². The molecule has 1 unspecified atom stereocenters. The van der Waals surface area contributed by atoms with Gasteiger partial charge in [-0.05, 0) is 56.2 Å². The molecule has 2 aromatic rings. The van der Waals surface area contributed by atoms with Gasteiger partial charge in [0.15, 0.2) is 18.1 Å². The molecule has 0 heterocycles. The fraction of sp³-hybridized carbons (Fsp3) is 0.350. The van der Waals surface area contributed by atoms with E-state index in [-0.39, 0.29) is 17.5 Å². The average Bonchev–Trinajstić information content (AvgIpc) is 2.57. The summed E-state index contributed by atoms with van der Waals surface area (Å²) in [5.74, 6) is -0.190. The van der Waals surface area contributed by atoms with E-state index < -0.39 is 0 Å². The van der Waals surface area contributed by atoms with Gasteiger partial charge in [-0.25, -0.2) is 4.39 Å². The van der Waals surface area contributed by atoms with Crippen molar-refractivity contribution in [2.24, 2.45) is 0 Å². The van der Waals surface area contributed by atoms with Crippen molar-refractivity contribution in [1.29, 1.82) is 0 Å². The minimum Gasteiger partial charge on any atom is -0.494 e. The summed E-state index contributed by atoms with van der Waals surface area (Å²) in [6, 6.07) is 10.9. The van der Waals surface area contributed by atoms with Gasteiger partial charge in [-0.15, -0.1) is 0 Å². The number of methoxy groups -OCH3 is 1. The largest absolute Gasteiger partial charge is 0.494 e. The summed E-state index contributed by atoms with van der Waals surface area (Å²) in [6.07, 6.45) is 0. The number of carbonyl (C=O) groups excluding carboxylic acids is 1. The van der Waals surface area contributed by atoms with Crippen LogP contribution in [0.25, 0.3) is 0 Å². The number of quaternary nitrogens is 1. The second-order valence-corrected chi connectivity index (χ2v) is 6.29. The maximum absolute atomic E-state index is 13.8. The van der Waals surface area contributed by atoms with Crippen LogP contribution in [0.4, 0.5) is 10.1 Å². The Bertz CT molecular complexity index is 746. The zero-order valence-corrected chi connectivity index (χ0v) is 15.3. The van der Waals surface area contributed by atoms with Gasteiger partial charge in [-0.1, -0.05) is 12.1 Å². The van der Waals surface area contributed by atoms with E-state index in [1.165, 1.54) is 13.2 Å². The van der Waals surface area contributed by atoms with E-state index in [0.717, 1.165) is 33.8 Å². The van der Waals surface area contributed by atoms with Gasteiger partial charge in [0.05, 0.1) is 13.7 Å². The minimum absolute atomic E-state index is 0.0421. The van der Waals surface area contributed by atoms with Crippen LogP contribution in [0.15, 0.2) is 36.4 Å². The highest BCUT2D eigenvalue weighted by atomic mass is 19.1. The molecular formula is C20H26FN2O2+. The first kappa shape index (κ1) is 18.9. The van der Waals surface area contributed by atoms with Gasteiger partial charge in [0, 0.05) is 11.3 Å². The molecule has 0 aliphatic rings. The number of anilines is 1. The van der Waals surface area contributed by atoms with Gasteiger partial charge in [-0.3, -0.25) is 4.79 Å². The van der Waals surface area contributed by atoms with Crippen molar-refractivity contribution in [3.63, 3.8) is 0 Å². The Kier molecular flexibility index (Phi) is 6.53. The lowest BCUT2D eigenvalue weighted by atomic mass is 10.1. The lowest BCUT2D eigenvalue weighted by molar-refractivity contribution is -0.903. The monoisotopic (exact) mass is 345 g/mol. The van der Waals surface area contributed by atoms with Crippen LogP contribution in [0.2, 0.25) is 0 Å². The van der Waals surface area contributed by atoms with E-state index in [1.54, 1.807) is 6.07 Å². The number of nitrogens with one attached hydrogen (secondary N) is 2. The highest BCUT2D eigenvalue weighted by molar-refractivity contribution is 5.92. The molecule has 1 atom stereocenters. The number of amides is 1. The van der Waals surface area contributed by atoms with Crippen LogP contribution < -0.4 is 15.0 Å². The SMILES string of the molecule is CC[NH+](CC(=O)Nc1cc(C)ccc1C)Cc1ccc(OC)c(F)c1. The van der Waals surface area contributed by atoms with Crippen LogP contribution >= 0.6 is 0 Å². The number of benzene rings is 2. The molecule has 0 saturated carbocycles. The van der Waals surface area contributed by atoms with Gasteiger partial charge < -0.3 is 15.0 Å². The van der Waals surface area contributed by atoms with Crippen molar-refractivity contribution >= 4 is 11.6 Å². The van der Waals surface area contributed by atoms with Gasteiger partial charge in [0.2, 0.25) is 0 Å². The highest BCUT2D eigenvalue weighted by Crippen LogP contribution is 2.17. The maximum Gasteiger partial charge on any atom is 0.279 e.